The molecule has 4 aromatic rings. The van der Waals surface area contributed by atoms with E-state index < -0.39 is 23.5 Å². The normalized spacial score (nSPS) is 15.7. The van der Waals surface area contributed by atoms with Crippen LogP contribution in [0.3, 0.4) is 0 Å². The van der Waals surface area contributed by atoms with E-state index in [1.165, 1.54) is 12.0 Å². The Morgan fingerprint density at radius 1 is 1.03 bits per heavy atom. The lowest BCUT2D eigenvalue weighted by Gasteiger charge is -2.27. The van der Waals surface area contributed by atoms with Crippen molar-refractivity contribution in [3.63, 3.8) is 0 Å². The topological polar surface area (TPSA) is 80.0 Å². The van der Waals surface area contributed by atoms with Crippen LogP contribution in [0.4, 0.5) is 0 Å². The quantitative estimate of drug-likeness (QED) is 0.278. The van der Waals surface area contributed by atoms with E-state index in [2.05, 4.69) is 0 Å². The summed E-state index contributed by atoms with van der Waals surface area (Å²) in [5.74, 6) is -1.40. The molecule has 6 nitrogen and oxygen atoms in total. The molecule has 0 saturated heterocycles. The average molecular weight is 522 g/mol. The molecule has 0 aliphatic carbocycles. The number of methoxy groups -OCH3 is 1. The highest BCUT2D eigenvalue weighted by molar-refractivity contribution is 6.42. The number of rotatable bonds is 7. The molecule has 1 atom stereocenters. The van der Waals surface area contributed by atoms with Crippen molar-refractivity contribution in [1.82, 2.24) is 4.90 Å². The van der Waals surface area contributed by atoms with Gasteiger partial charge < -0.3 is 19.2 Å². The molecule has 1 amide bonds. The van der Waals surface area contributed by atoms with E-state index in [0.29, 0.717) is 33.7 Å². The third-order valence-electron chi connectivity index (χ3n) is 6.24. The second kappa shape index (κ2) is 9.72. The number of nitrogens with zero attached hydrogens (tertiary/aromatic N) is 1. The van der Waals surface area contributed by atoms with Crippen LogP contribution in [-0.4, -0.2) is 35.4 Å². The van der Waals surface area contributed by atoms with Crippen LogP contribution in [0.1, 0.15) is 27.7 Å². The number of benzene rings is 3. The number of carbonyl (C=O) groups excluding carboxylic acids is 2. The van der Waals surface area contributed by atoms with Gasteiger partial charge in [0, 0.05) is 11.9 Å². The molecular formula is C28H21Cl2NO5. The molecule has 0 bridgehead atoms. The highest BCUT2D eigenvalue weighted by Gasteiger charge is 2.44. The van der Waals surface area contributed by atoms with Crippen LogP contribution >= 0.6 is 23.2 Å². The smallest absolute Gasteiger partial charge is 0.290 e. The molecule has 1 N–H and O–H groups in total. The van der Waals surface area contributed by atoms with Crippen molar-refractivity contribution in [1.29, 1.82) is 0 Å². The average Bonchev–Trinajstić information content (AvgIpc) is 3.44. The first kappa shape index (κ1) is 24.0. The van der Waals surface area contributed by atoms with Crippen LogP contribution in [0.25, 0.3) is 11.0 Å². The number of carbonyl (C=O) groups is 2. The lowest BCUT2D eigenvalue weighted by atomic mass is 9.94. The molecular weight excluding hydrogens is 501 g/mol. The van der Waals surface area contributed by atoms with Crippen LogP contribution < -0.4 is 4.74 Å². The van der Waals surface area contributed by atoms with Gasteiger partial charge in [0.2, 0.25) is 5.78 Å². The molecule has 3 aromatic carbocycles. The molecule has 0 spiro atoms. The van der Waals surface area contributed by atoms with Gasteiger partial charge in [-0.1, -0.05) is 71.7 Å². The summed E-state index contributed by atoms with van der Waals surface area (Å²) >= 11 is 12.4. The number of para-hydroxylation sites is 1. The predicted octanol–water partition coefficient (Wildman–Crippen LogP) is 6.57. The minimum atomic E-state index is -0.876. The zero-order chi connectivity index (χ0) is 25.4. The van der Waals surface area contributed by atoms with E-state index in [0.717, 1.165) is 5.56 Å². The van der Waals surface area contributed by atoms with Crippen LogP contribution in [0, 0.1) is 0 Å². The Balaban J connectivity index is 1.57. The minimum absolute atomic E-state index is 0.0150. The largest absolute Gasteiger partial charge is 0.503 e. The summed E-state index contributed by atoms with van der Waals surface area (Å²) < 4.78 is 11.2. The Morgan fingerprint density at radius 2 is 1.81 bits per heavy atom. The number of ether oxygens (including phenoxy) is 1. The van der Waals surface area contributed by atoms with Crippen molar-refractivity contribution >= 4 is 45.9 Å². The molecule has 2 heterocycles. The van der Waals surface area contributed by atoms with Crippen LogP contribution in [0.15, 0.2) is 88.5 Å². The molecule has 0 radical (unpaired) electrons. The Hall–Kier alpha value is -3.74. The van der Waals surface area contributed by atoms with Crippen molar-refractivity contribution in [2.24, 2.45) is 0 Å². The molecule has 36 heavy (non-hydrogen) atoms. The summed E-state index contributed by atoms with van der Waals surface area (Å²) in [6, 6.07) is 20.5. The maximum absolute atomic E-state index is 13.7. The minimum Gasteiger partial charge on any atom is -0.503 e. The second-order valence-electron chi connectivity index (χ2n) is 8.39. The summed E-state index contributed by atoms with van der Waals surface area (Å²) in [6.45, 7) is 0.266. The summed E-state index contributed by atoms with van der Waals surface area (Å²) in [4.78, 5) is 28.4. The fourth-order valence-electron chi connectivity index (χ4n) is 4.48. The van der Waals surface area contributed by atoms with E-state index in [9.17, 15) is 14.7 Å². The molecule has 0 fully saturated rings. The van der Waals surface area contributed by atoms with Gasteiger partial charge in [-0.2, -0.15) is 0 Å². The number of amides is 1. The van der Waals surface area contributed by atoms with Crippen molar-refractivity contribution < 1.29 is 23.8 Å². The third kappa shape index (κ3) is 4.23. The van der Waals surface area contributed by atoms with E-state index in [1.54, 1.807) is 42.5 Å². The van der Waals surface area contributed by atoms with Gasteiger partial charge in [0.25, 0.3) is 5.91 Å². The lowest BCUT2D eigenvalue weighted by Crippen LogP contribution is -2.33. The number of fused-ring (bicyclic) bond motifs is 1. The summed E-state index contributed by atoms with van der Waals surface area (Å²) in [5.41, 5.74) is 1.89. The summed E-state index contributed by atoms with van der Waals surface area (Å²) in [6.07, 6.45) is 0.529. The molecule has 1 aliphatic rings. The maximum atomic E-state index is 13.7. The third-order valence-corrected chi connectivity index (χ3v) is 6.98. The van der Waals surface area contributed by atoms with Crippen molar-refractivity contribution in [3.05, 3.63) is 111 Å². The van der Waals surface area contributed by atoms with Gasteiger partial charge in [-0.05, 0) is 41.8 Å². The number of hydrogen-bond donors (Lipinski definition) is 1. The molecule has 1 unspecified atom stereocenters. The number of aliphatic hydroxyl groups excluding tert-OH is 1. The number of furan rings is 1. The van der Waals surface area contributed by atoms with Crippen LogP contribution in [-0.2, 0) is 11.2 Å². The number of Topliss-reactive ketones (excluding diaryl/α,β-unsaturated/α-hetero) is 1. The lowest BCUT2D eigenvalue weighted by molar-refractivity contribution is -0.129. The first-order valence-corrected chi connectivity index (χ1v) is 12.0. The van der Waals surface area contributed by atoms with Crippen molar-refractivity contribution in [2.75, 3.05) is 13.7 Å². The summed E-state index contributed by atoms with van der Waals surface area (Å²) in [5, 5.41) is 12.2. The number of aliphatic hydroxyl groups is 1. The Labute approximate surface area is 217 Å². The van der Waals surface area contributed by atoms with E-state index >= 15 is 0 Å². The van der Waals surface area contributed by atoms with E-state index in [1.807, 2.05) is 30.3 Å². The van der Waals surface area contributed by atoms with Crippen LogP contribution in [0.2, 0.25) is 10.0 Å². The first-order chi connectivity index (χ1) is 17.4. The zero-order valence-electron chi connectivity index (χ0n) is 19.2. The molecule has 182 valence electrons. The number of halogens is 2. The van der Waals surface area contributed by atoms with Gasteiger partial charge in [-0.15, -0.1) is 0 Å². The standard InChI is InChI=1S/C28H21Cl2NO5/c1-35-21-9-5-8-18-15-22(36-27(18)21)25(32)23-24(17-10-11-19(29)20(30)14-17)31(28(34)26(23)33)13-12-16-6-3-2-4-7-16/h2-11,14-15,24,33H,12-13H2,1H3. The molecule has 8 heteroatoms. The van der Waals surface area contributed by atoms with Crippen molar-refractivity contribution in [3.8, 4) is 5.75 Å². The Morgan fingerprint density at radius 3 is 2.53 bits per heavy atom. The predicted molar refractivity (Wildman–Crippen MR) is 138 cm³/mol. The highest BCUT2D eigenvalue weighted by atomic mass is 35.5. The van der Waals surface area contributed by atoms with Gasteiger partial charge in [-0.3, -0.25) is 9.59 Å². The highest BCUT2D eigenvalue weighted by Crippen LogP contribution is 2.41. The number of ketones is 1. The van der Waals surface area contributed by atoms with Crippen LogP contribution in [0.5, 0.6) is 5.75 Å². The van der Waals surface area contributed by atoms with Gasteiger partial charge in [-0.25, -0.2) is 0 Å². The first-order valence-electron chi connectivity index (χ1n) is 11.2. The van der Waals surface area contributed by atoms with E-state index in [-0.39, 0.29) is 22.9 Å². The van der Waals surface area contributed by atoms with Gasteiger partial charge in [0.15, 0.2) is 22.9 Å². The van der Waals surface area contributed by atoms with Gasteiger partial charge in [0.05, 0.1) is 28.8 Å². The maximum Gasteiger partial charge on any atom is 0.290 e. The Kier molecular flexibility index (Phi) is 6.48. The molecule has 5 rings (SSSR count). The van der Waals surface area contributed by atoms with Crippen molar-refractivity contribution in [2.45, 2.75) is 12.5 Å². The molecule has 1 aromatic heterocycles. The molecule has 0 saturated carbocycles. The summed E-state index contributed by atoms with van der Waals surface area (Å²) in [7, 11) is 1.51. The monoisotopic (exact) mass is 521 g/mol. The Bertz CT molecular complexity index is 1510. The van der Waals surface area contributed by atoms with E-state index in [4.69, 9.17) is 32.4 Å². The fraction of sp³-hybridized carbons (Fsp3) is 0.143. The number of hydrogen-bond acceptors (Lipinski definition) is 5. The fourth-order valence-corrected chi connectivity index (χ4v) is 4.79. The second-order valence-corrected chi connectivity index (χ2v) is 9.21. The van der Waals surface area contributed by atoms with Gasteiger partial charge in [0.1, 0.15) is 0 Å². The zero-order valence-corrected chi connectivity index (χ0v) is 20.7. The van der Waals surface area contributed by atoms with Gasteiger partial charge >= 0.3 is 0 Å². The SMILES string of the molecule is COc1cccc2cc(C(=O)C3=C(O)C(=O)N(CCc4ccccc4)C3c3ccc(Cl)c(Cl)c3)oc12. The molecule has 1 aliphatic heterocycles.